The minimum atomic E-state index is -0.000550. The second-order valence-electron chi connectivity index (χ2n) is 8.56. The van der Waals surface area contributed by atoms with Crippen molar-refractivity contribution in [3.63, 3.8) is 0 Å². The normalized spacial score (nSPS) is 19.9. The van der Waals surface area contributed by atoms with Crippen molar-refractivity contribution >= 4 is 17.8 Å². The van der Waals surface area contributed by atoms with Crippen molar-refractivity contribution in [2.24, 2.45) is 10.9 Å². The van der Waals surface area contributed by atoms with Crippen LogP contribution in [0, 0.1) is 5.92 Å². The van der Waals surface area contributed by atoms with Crippen LogP contribution in [0.4, 0.5) is 0 Å². The Morgan fingerprint density at radius 2 is 2.03 bits per heavy atom. The molecule has 1 aliphatic heterocycles. The SMILES string of the molecule is CN=C(NCC(=O)N(C)CCc1ccccn1)NC1CCN(C(=O)C2CCCCC2)C1. The lowest BCUT2D eigenvalue weighted by Gasteiger charge is -2.26. The van der Waals surface area contributed by atoms with Crippen LogP contribution in [0.5, 0.6) is 0 Å². The first kappa shape index (κ1) is 23.0. The largest absolute Gasteiger partial charge is 0.352 e. The minimum Gasteiger partial charge on any atom is -0.352 e. The highest BCUT2D eigenvalue weighted by molar-refractivity contribution is 5.86. The molecule has 2 amide bonds. The second kappa shape index (κ2) is 11.7. The van der Waals surface area contributed by atoms with Crippen molar-refractivity contribution in [2.75, 3.05) is 40.3 Å². The Hall–Kier alpha value is -2.64. The van der Waals surface area contributed by atoms with Crippen LogP contribution in [0.15, 0.2) is 29.4 Å². The number of carbonyl (C=O) groups excluding carboxylic acids is 2. The van der Waals surface area contributed by atoms with Crippen LogP contribution in [0.1, 0.15) is 44.2 Å². The number of likely N-dealkylation sites (N-methyl/N-ethyl adjacent to an activating group) is 1. The van der Waals surface area contributed by atoms with E-state index in [-0.39, 0.29) is 24.4 Å². The standard InChI is InChI=1S/C23H36N6O2/c1-24-23(26-16-21(30)28(2)14-11-19-10-6-7-13-25-19)27-20-12-15-29(17-20)22(31)18-8-4-3-5-9-18/h6-7,10,13,18,20H,3-5,8-9,11-12,14-17H2,1-2H3,(H2,24,26,27). The lowest BCUT2D eigenvalue weighted by Crippen LogP contribution is -2.48. The highest BCUT2D eigenvalue weighted by Crippen LogP contribution is 2.26. The minimum absolute atomic E-state index is 0.000550. The predicted octanol–water partition coefficient (Wildman–Crippen LogP) is 1.43. The molecule has 2 aliphatic rings. The maximum atomic E-state index is 12.8. The number of nitrogens with zero attached hydrogens (tertiary/aromatic N) is 4. The number of likely N-dealkylation sites (tertiary alicyclic amines) is 1. The molecular formula is C23H36N6O2. The summed E-state index contributed by atoms with van der Waals surface area (Å²) < 4.78 is 0. The monoisotopic (exact) mass is 428 g/mol. The number of aromatic nitrogens is 1. The number of hydrogen-bond acceptors (Lipinski definition) is 4. The molecule has 0 aromatic carbocycles. The zero-order valence-electron chi connectivity index (χ0n) is 18.8. The predicted molar refractivity (Wildman–Crippen MR) is 122 cm³/mol. The molecule has 1 unspecified atom stereocenters. The van der Waals surface area contributed by atoms with E-state index < -0.39 is 0 Å². The Labute approximate surface area is 185 Å². The zero-order chi connectivity index (χ0) is 22.1. The molecule has 170 valence electrons. The van der Waals surface area contributed by atoms with Gasteiger partial charge in [0.05, 0.1) is 6.54 Å². The van der Waals surface area contributed by atoms with Crippen molar-refractivity contribution in [2.45, 2.75) is 51.0 Å². The Balaban J connectivity index is 1.38. The number of rotatable bonds is 7. The fraction of sp³-hybridized carbons (Fsp3) is 0.652. The molecule has 1 saturated carbocycles. The van der Waals surface area contributed by atoms with Gasteiger partial charge in [0.25, 0.3) is 0 Å². The van der Waals surface area contributed by atoms with Gasteiger partial charge in [-0.2, -0.15) is 0 Å². The molecule has 31 heavy (non-hydrogen) atoms. The Bertz CT molecular complexity index is 748. The van der Waals surface area contributed by atoms with Crippen molar-refractivity contribution in [3.8, 4) is 0 Å². The van der Waals surface area contributed by atoms with Gasteiger partial charge in [-0.25, -0.2) is 0 Å². The number of carbonyl (C=O) groups is 2. The van der Waals surface area contributed by atoms with Crippen molar-refractivity contribution in [1.82, 2.24) is 25.4 Å². The molecular weight excluding hydrogens is 392 g/mol. The van der Waals surface area contributed by atoms with Gasteiger partial charge in [-0.15, -0.1) is 0 Å². The molecule has 0 spiro atoms. The molecule has 0 radical (unpaired) electrons. The number of hydrogen-bond donors (Lipinski definition) is 2. The smallest absolute Gasteiger partial charge is 0.241 e. The number of amides is 2. The molecule has 2 fully saturated rings. The fourth-order valence-corrected chi connectivity index (χ4v) is 4.32. The highest BCUT2D eigenvalue weighted by Gasteiger charge is 2.31. The van der Waals surface area contributed by atoms with Gasteiger partial charge in [0.15, 0.2) is 5.96 Å². The molecule has 1 aromatic heterocycles. The number of guanidine groups is 1. The summed E-state index contributed by atoms with van der Waals surface area (Å²) in [5.74, 6) is 1.13. The van der Waals surface area contributed by atoms with E-state index in [1.165, 1.54) is 19.3 Å². The summed E-state index contributed by atoms with van der Waals surface area (Å²) in [4.78, 5) is 37.4. The lowest BCUT2D eigenvalue weighted by atomic mass is 9.88. The maximum Gasteiger partial charge on any atom is 0.241 e. The molecule has 1 aliphatic carbocycles. The molecule has 1 aromatic rings. The summed E-state index contributed by atoms with van der Waals surface area (Å²) in [5.41, 5.74) is 0.973. The number of pyridine rings is 1. The zero-order valence-corrected chi connectivity index (χ0v) is 18.8. The van der Waals surface area contributed by atoms with Crippen LogP contribution < -0.4 is 10.6 Å². The van der Waals surface area contributed by atoms with Crippen LogP contribution in [0.3, 0.4) is 0 Å². The Kier molecular flexibility index (Phi) is 8.67. The summed E-state index contributed by atoms with van der Waals surface area (Å²) in [5, 5.41) is 6.48. The lowest BCUT2D eigenvalue weighted by molar-refractivity contribution is -0.135. The van der Waals surface area contributed by atoms with Gasteiger partial charge in [-0.3, -0.25) is 19.6 Å². The van der Waals surface area contributed by atoms with Crippen LogP contribution in [0.2, 0.25) is 0 Å². The maximum absolute atomic E-state index is 12.8. The van der Waals surface area contributed by atoms with Crippen LogP contribution in [0.25, 0.3) is 0 Å². The highest BCUT2D eigenvalue weighted by atomic mass is 16.2. The van der Waals surface area contributed by atoms with Crippen molar-refractivity contribution in [1.29, 1.82) is 0 Å². The second-order valence-corrected chi connectivity index (χ2v) is 8.56. The summed E-state index contributed by atoms with van der Waals surface area (Å²) >= 11 is 0. The number of nitrogens with one attached hydrogen (secondary N) is 2. The van der Waals surface area contributed by atoms with E-state index in [4.69, 9.17) is 0 Å². The van der Waals surface area contributed by atoms with E-state index in [2.05, 4.69) is 20.6 Å². The molecule has 1 atom stereocenters. The first-order chi connectivity index (χ1) is 15.1. The third kappa shape index (κ3) is 6.94. The molecule has 3 rings (SSSR count). The number of aliphatic imine (C=N–C) groups is 1. The first-order valence-electron chi connectivity index (χ1n) is 11.5. The molecule has 2 heterocycles. The summed E-state index contributed by atoms with van der Waals surface area (Å²) in [6.07, 6.45) is 9.06. The van der Waals surface area contributed by atoms with Crippen LogP contribution >= 0.6 is 0 Å². The van der Waals surface area contributed by atoms with Crippen LogP contribution in [-0.2, 0) is 16.0 Å². The molecule has 1 saturated heterocycles. The molecule has 8 heteroatoms. The average Bonchev–Trinajstić information content (AvgIpc) is 3.29. The summed E-state index contributed by atoms with van der Waals surface area (Å²) in [7, 11) is 3.50. The van der Waals surface area contributed by atoms with E-state index in [1.54, 1.807) is 25.2 Å². The van der Waals surface area contributed by atoms with Gasteiger partial charge < -0.3 is 20.4 Å². The fourth-order valence-electron chi connectivity index (χ4n) is 4.32. The van der Waals surface area contributed by atoms with E-state index in [1.807, 2.05) is 23.1 Å². The molecule has 8 nitrogen and oxygen atoms in total. The van der Waals surface area contributed by atoms with Gasteiger partial charge in [-0.1, -0.05) is 25.3 Å². The van der Waals surface area contributed by atoms with Gasteiger partial charge in [-0.05, 0) is 31.4 Å². The molecule has 2 N–H and O–H groups in total. The molecule has 0 bridgehead atoms. The quantitative estimate of drug-likeness (QED) is 0.507. The van der Waals surface area contributed by atoms with Gasteiger partial charge in [0, 0.05) is 64.0 Å². The van der Waals surface area contributed by atoms with E-state index in [9.17, 15) is 9.59 Å². The van der Waals surface area contributed by atoms with Gasteiger partial charge in [0.2, 0.25) is 11.8 Å². The summed E-state index contributed by atoms with van der Waals surface area (Å²) in [6, 6.07) is 5.97. The summed E-state index contributed by atoms with van der Waals surface area (Å²) in [6.45, 7) is 2.29. The van der Waals surface area contributed by atoms with E-state index in [0.717, 1.165) is 37.9 Å². The first-order valence-corrected chi connectivity index (χ1v) is 11.5. The van der Waals surface area contributed by atoms with Crippen molar-refractivity contribution < 1.29 is 9.59 Å². The third-order valence-electron chi connectivity index (χ3n) is 6.28. The van der Waals surface area contributed by atoms with Crippen LogP contribution in [-0.4, -0.2) is 78.9 Å². The van der Waals surface area contributed by atoms with Gasteiger partial charge in [0.1, 0.15) is 0 Å². The average molecular weight is 429 g/mol. The van der Waals surface area contributed by atoms with E-state index >= 15 is 0 Å². The van der Waals surface area contributed by atoms with Crippen molar-refractivity contribution in [3.05, 3.63) is 30.1 Å². The third-order valence-corrected chi connectivity index (χ3v) is 6.28. The van der Waals surface area contributed by atoms with Gasteiger partial charge >= 0.3 is 0 Å². The Morgan fingerprint density at radius 1 is 1.23 bits per heavy atom. The Morgan fingerprint density at radius 3 is 2.74 bits per heavy atom. The topological polar surface area (TPSA) is 89.9 Å². The van der Waals surface area contributed by atoms with E-state index in [0.29, 0.717) is 25.0 Å².